The largest absolute Gasteiger partial charge is 0.0753 e. The van der Waals surface area contributed by atoms with E-state index in [1.54, 1.807) is 0 Å². The van der Waals surface area contributed by atoms with Crippen molar-refractivity contribution in [3.8, 4) is 77.9 Å². The van der Waals surface area contributed by atoms with Crippen LogP contribution in [0.1, 0.15) is 28.2 Å². The van der Waals surface area contributed by atoms with Gasteiger partial charge in [-0.1, -0.05) is 279 Å². The third-order valence-electron chi connectivity index (χ3n) is 18.1. The average molecular weight is 1040 g/mol. The van der Waals surface area contributed by atoms with Crippen LogP contribution in [0.3, 0.4) is 0 Å². The highest BCUT2D eigenvalue weighted by Gasteiger charge is 2.28. The molecule has 0 spiro atoms. The summed E-state index contributed by atoms with van der Waals surface area (Å²) in [5.41, 5.74) is 24.2. The van der Waals surface area contributed by atoms with E-state index in [-0.39, 0.29) is 5.92 Å². The van der Waals surface area contributed by atoms with Crippen molar-refractivity contribution in [2.45, 2.75) is 12.3 Å². The Hall–Kier alpha value is -10.4. The second-order valence-electron chi connectivity index (χ2n) is 22.6. The Bertz CT molecular complexity index is 5150. The highest BCUT2D eigenvalue weighted by Crippen LogP contribution is 2.49. The maximum Gasteiger partial charge on any atom is 0.0276 e. The summed E-state index contributed by atoms with van der Waals surface area (Å²) >= 11 is 0. The van der Waals surface area contributed by atoms with Crippen LogP contribution in [0.25, 0.3) is 154 Å². The molecule has 2 aliphatic carbocycles. The van der Waals surface area contributed by atoms with Gasteiger partial charge in [-0.3, -0.25) is 0 Å². The molecule has 1 unspecified atom stereocenters. The fourth-order valence-corrected chi connectivity index (χ4v) is 14.0. The number of hydrogen-bond acceptors (Lipinski definition) is 0. The average Bonchev–Trinajstić information content (AvgIpc) is 2.22. The number of hydrogen-bond donors (Lipinski definition) is 0. The summed E-state index contributed by atoms with van der Waals surface area (Å²) in [7, 11) is 0. The maximum atomic E-state index is 2.49. The van der Waals surface area contributed by atoms with Gasteiger partial charge in [0, 0.05) is 5.92 Å². The quantitative estimate of drug-likeness (QED) is 0.133. The molecule has 82 heavy (non-hydrogen) atoms. The number of benzene rings is 15. The molecule has 0 radical (unpaired) electrons. The molecule has 0 aliphatic heterocycles. The molecule has 0 heterocycles. The van der Waals surface area contributed by atoms with E-state index in [1.807, 2.05) is 0 Å². The molecule has 0 aromatic heterocycles. The highest BCUT2D eigenvalue weighted by molar-refractivity contribution is 6.27. The van der Waals surface area contributed by atoms with Crippen LogP contribution in [0.15, 0.2) is 291 Å². The van der Waals surface area contributed by atoms with Crippen LogP contribution in [0.5, 0.6) is 0 Å². The first-order valence-electron chi connectivity index (χ1n) is 28.8. The highest BCUT2D eigenvalue weighted by atomic mass is 14.3. The Labute approximate surface area is 477 Å². The van der Waals surface area contributed by atoms with E-state index < -0.39 is 0 Å². The summed E-state index contributed by atoms with van der Waals surface area (Å²) in [5, 5.41) is 15.6. The normalized spacial score (nSPS) is 13.7. The minimum atomic E-state index is 0.194. The lowest BCUT2D eigenvalue weighted by atomic mass is 9.74. The van der Waals surface area contributed by atoms with Crippen molar-refractivity contribution in [2.24, 2.45) is 0 Å². The lowest BCUT2D eigenvalue weighted by Crippen LogP contribution is -2.10. The van der Waals surface area contributed by atoms with E-state index in [0.717, 1.165) is 6.42 Å². The zero-order chi connectivity index (χ0) is 53.8. The first kappa shape index (κ1) is 46.5. The summed E-state index contributed by atoms with van der Waals surface area (Å²) in [6.45, 7) is 0. The van der Waals surface area contributed by atoms with Crippen LogP contribution < -0.4 is 0 Å². The molecule has 0 fully saturated rings. The van der Waals surface area contributed by atoms with Crippen LogP contribution in [0.4, 0.5) is 0 Å². The van der Waals surface area contributed by atoms with E-state index in [1.165, 1.54) is 170 Å². The maximum absolute atomic E-state index is 2.49. The molecule has 0 amide bonds. The lowest BCUT2D eigenvalue weighted by molar-refractivity contribution is 1.08. The smallest absolute Gasteiger partial charge is 0.0276 e. The summed E-state index contributed by atoms with van der Waals surface area (Å²) in [6.07, 6.45) is 8.19. The van der Waals surface area contributed by atoms with E-state index in [9.17, 15) is 0 Å². The van der Waals surface area contributed by atoms with E-state index in [0.29, 0.717) is 0 Å². The molecule has 17 rings (SSSR count). The number of allylic oxidation sites excluding steroid dienone is 3. The van der Waals surface area contributed by atoms with Gasteiger partial charge in [0.05, 0.1) is 0 Å². The Morgan fingerprint density at radius 3 is 1.28 bits per heavy atom. The molecule has 1 atom stereocenters. The molecule has 2 aliphatic rings. The van der Waals surface area contributed by atoms with E-state index in [2.05, 4.69) is 297 Å². The predicted molar refractivity (Wildman–Crippen MR) is 351 cm³/mol. The minimum Gasteiger partial charge on any atom is -0.0753 e. The Morgan fingerprint density at radius 1 is 0.268 bits per heavy atom. The summed E-state index contributed by atoms with van der Waals surface area (Å²) in [6, 6.07) is 104. The standard InChI is InChI=1S/C82H52/c1-3-9-63-47-67(29-23-51(63)7-1)65-11-5-13-69(49-65)73-41-33-61-35-43-75-71(39-31-59-37-45-77(73)81(61)79(59)75)57-25-19-55(20-26-57)53-15-17-54(18-16-53)56-21-27-58(28-22-56)72-40-32-60-38-46-78-74(42-34-62-36-44-76(72)80(60)82(62)78)70-14-6-12-66(50-70)68-30-24-52-8-2-4-10-64(52)48-68/h1-37,39-50,74H,38H2. The van der Waals surface area contributed by atoms with Gasteiger partial charge in [0.15, 0.2) is 0 Å². The van der Waals surface area contributed by atoms with Crippen LogP contribution in [-0.2, 0) is 6.42 Å². The second-order valence-corrected chi connectivity index (χ2v) is 22.6. The molecule has 15 aromatic carbocycles. The van der Waals surface area contributed by atoms with Gasteiger partial charge in [0.1, 0.15) is 0 Å². The molecule has 380 valence electrons. The lowest BCUT2D eigenvalue weighted by Gasteiger charge is -2.30. The van der Waals surface area contributed by atoms with Crippen LogP contribution in [0, 0.1) is 0 Å². The topological polar surface area (TPSA) is 0 Å². The van der Waals surface area contributed by atoms with Gasteiger partial charge in [-0.25, -0.2) is 0 Å². The van der Waals surface area contributed by atoms with Crippen LogP contribution >= 0.6 is 0 Å². The van der Waals surface area contributed by atoms with Crippen molar-refractivity contribution < 1.29 is 0 Å². The molecule has 0 heteroatoms. The van der Waals surface area contributed by atoms with Gasteiger partial charge >= 0.3 is 0 Å². The summed E-state index contributed by atoms with van der Waals surface area (Å²) in [5.74, 6) is 0.194. The van der Waals surface area contributed by atoms with E-state index >= 15 is 0 Å². The van der Waals surface area contributed by atoms with Gasteiger partial charge in [-0.15, -0.1) is 0 Å². The monoisotopic (exact) mass is 1040 g/mol. The fourth-order valence-electron chi connectivity index (χ4n) is 14.0. The molecule has 15 aromatic rings. The molecular formula is C82H52. The van der Waals surface area contributed by atoms with Crippen LogP contribution in [0.2, 0.25) is 0 Å². The molecule has 0 saturated carbocycles. The van der Waals surface area contributed by atoms with Gasteiger partial charge in [0.25, 0.3) is 0 Å². The third-order valence-corrected chi connectivity index (χ3v) is 18.1. The zero-order valence-electron chi connectivity index (χ0n) is 45.1. The zero-order valence-corrected chi connectivity index (χ0v) is 45.1. The van der Waals surface area contributed by atoms with Crippen molar-refractivity contribution in [1.82, 2.24) is 0 Å². The fraction of sp³-hybridized carbons (Fsp3) is 0.0244. The first-order valence-corrected chi connectivity index (χ1v) is 28.8. The third kappa shape index (κ3) is 7.60. The summed E-state index contributed by atoms with van der Waals surface area (Å²) in [4.78, 5) is 0. The Balaban J connectivity index is 0.630. The number of rotatable bonds is 8. The molecule has 0 N–H and O–H groups in total. The Morgan fingerprint density at radius 2 is 0.695 bits per heavy atom. The molecular weight excluding hydrogens is 985 g/mol. The van der Waals surface area contributed by atoms with Crippen molar-refractivity contribution >= 4 is 76.3 Å². The molecule has 0 nitrogen and oxygen atoms in total. The molecule has 0 bridgehead atoms. The van der Waals surface area contributed by atoms with Crippen molar-refractivity contribution in [3.05, 3.63) is 313 Å². The second kappa shape index (κ2) is 18.6. The minimum absolute atomic E-state index is 0.194. The summed E-state index contributed by atoms with van der Waals surface area (Å²) < 4.78 is 0. The van der Waals surface area contributed by atoms with Gasteiger partial charge in [-0.2, -0.15) is 0 Å². The first-order chi connectivity index (χ1) is 40.6. The van der Waals surface area contributed by atoms with Crippen molar-refractivity contribution in [3.63, 3.8) is 0 Å². The van der Waals surface area contributed by atoms with Gasteiger partial charge in [0.2, 0.25) is 0 Å². The number of fused-ring (bicyclic) bond motifs is 2. The molecule has 0 saturated heterocycles. The van der Waals surface area contributed by atoms with E-state index in [4.69, 9.17) is 0 Å². The predicted octanol–water partition coefficient (Wildman–Crippen LogP) is 22.5. The van der Waals surface area contributed by atoms with Gasteiger partial charge < -0.3 is 0 Å². The van der Waals surface area contributed by atoms with Crippen molar-refractivity contribution in [1.29, 1.82) is 0 Å². The SMILES string of the molecule is C1=CC(c2cccc(-c3ccc4ccccc4c3)c2)C2=CCc3ccc(-c4ccc(-c5ccc(-c6ccc(-c7ccc8ccc9c(-c%10cccc(-c%11ccc%12ccccc%12c%11)c%10)ccc%10ccc7c8c%109)cc6)cc5)cc4)c4ccc1c2c34. The van der Waals surface area contributed by atoms with Crippen LogP contribution in [-0.4, -0.2) is 0 Å². The van der Waals surface area contributed by atoms with Crippen molar-refractivity contribution in [2.75, 3.05) is 0 Å². The Kier molecular flexibility index (Phi) is 10.5. The van der Waals surface area contributed by atoms with Gasteiger partial charge in [-0.05, 0) is 195 Å².